The number of rotatable bonds is 6. The second kappa shape index (κ2) is 7.19. The van der Waals surface area contributed by atoms with Crippen LogP contribution in [0.4, 0.5) is 5.13 Å². The van der Waals surface area contributed by atoms with Gasteiger partial charge in [-0.2, -0.15) is 0 Å². The fourth-order valence-corrected chi connectivity index (χ4v) is 2.98. The number of carbonyl (C=O) groups excluding carboxylic acids is 1. The van der Waals surface area contributed by atoms with Gasteiger partial charge in [0.2, 0.25) is 5.75 Å². The maximum absolute atomic E-state index is 12.1. The number of carbonyl (C=O) groups is 1. The van der Waals surface area contributed by atoms with Crippen molar-refractivity contribution < 1.29 is 23.7 Å². The van der Waals surface area contributed by atoms with Crippen LogP contribution in [-0.4, -0.2) is 38.9 Å². The molecule has 1 heterocycles. The van der Waals surface area contributed by atoms with Crippen molar-refractivity contribution in [3.8, 4) is 27.7 Å². The van der Waals surface area contributed by atoms with Gasteiger partial charge in [-0.15, -0.1) is 0 Å². The number of aromatic nitrogens is 1. The first-order chi connectivity index (χ1) is 11.1. The molecule has 1 aromatic heterocycles. The van der Waals surface area contributed by atoms with Gasteiger partial charge in [-0.05, 0) is 19.1 Å². The Bertz CT molecular complexity index is 714. The predicted molar refractivity (Wildman–Crippen MR) is 87.6 cm³/mol. The zero-order valence-corrected chi connectivity index (χ0v) is 14.2. The second-order valence-electron chi connectivity index (χ2n) is 4.33. The highest BCUT2D eigenvalue weighted by atomic mass is 32.1. The Morgan fingerprint density at radius 2 is 1.87 bits per heavy atom. The molecule has 2 rings (SSSR count). The minimum atomic E-state index is -0.535. The lowest BCUT2D eigenvalue weighted by molar-refractivity contribution is 0.0521. The Hall–Kier alpha value is -2.48. The van der Waals surface area contributed by atoms with Crippen LogP contribution in [0.25, 0.3) is 10.4 Å². The Labute approximate surface area is 137 Å². The smallest absolute Gasteiger partial charge is 0.358 e. The molecule has 1 aromatic carbocycles. The zero-order valence-electron chi connectivity index (χ0n) is 13.3. The highest BCUT2D eigenvalue weighted by molar-refractivity contribution is 7.19. The summed E-state index contributed by atoms with van der Waals surface area (Å²) in [5, 5.41) is 0.264. The van der Waals surface area contributed by atoms with Gasteiger partial charge in [-0.1, -0.05) is 11.3 Å². The van der Waals surface area contributed by atoms with Gasteiger partial charge >= 0.3 is 5.97 Å². The molecule has 2 aromatic rings. The highest BCUT2D eigenvalue weighted by Gasteiger charge is 2.25. The van der Waals surface area contributed by atoms with E-state index >= 15 is 0 Å². The lowest BCUT2D eigenvalue weighted by Crippen LogP contribution is -2.07. The fourth-order valence-electron chi connectivity index (χ4n) is 2.14. The van der Waals surface area contributed by atoms with Crippen molar-refractivity contribution in [3.05, 3.63) is 17.8 Å². The number of hydrogen-bond donors (Lipinski definition) is 1. The second-order valence-corrected chi connectivity index (χ2v) is 5.36. The number of ether oxygens (including phenoxy) is 4. The molecule has 0 amide bonds. The topological polar surface area (TPSA) is 92.9 Å². The predicted octanol–water partition coefficient (Wildman–Crippen LogP) is 2.59. The number of hydrogen-bond acceptors (Lipinski definition) is 8. The number of esters is 1. The Morgan fingerprint density at radius 3 is 2.43 bits per heavy atom. The van der Waals surface area contributed by atoms with E-state index in [1.165, 1.54) is 32.7 Å². The van der Waals surface area contributed by atoms with E-state index in [9.17, 15) is 4.79 Å². The molecule has 8 heteroatoms. The summed E-state index contributed by atoms with van der Waals surface area (Å²) in [6.07, 6.45) is 0. The van der Waals surface area contributed by atoms with Crippen molar-refractivity contribution in [2.45, 2.75) is 6.92 Å². The summed E-state index contributed by atoms with van der Waals surface area (Å²) in [7, 11) is 4.55. The molecule has 23 heavy (non-hydrogen) atoms. The lowest BCUT2D eigenvalue weighted by atomic mass is 10.1. The Kier molecular flexibility index (Phi) is 5.28. The molecule has 0 radical (unpaired) electrons. The number of anilines is 1. The number of methoxy groups -OCH3 is 3. The van der Waals surface area contributed by atoms with E-state index in [4.69, 9.17) is 24.7 Å². The molecule has 0 spiro atoms. The molecule has 0 aliphatic carbocycles. The van der Waals surface area contributed by atoms with Crippen LogP contribution in [0.15, 0.2) is 12.1 Å². The molecule has 7 nitrogen and oxygen atoms in total. The van der Waals surface area contributed by atoms with Gasteiger partial charge in [-0.3, -0.25) is 0 Å². The molecule has 124 valence electrons. The van der Waals surface area contributed by atoms with Gasteiger partial charge < -0.3 is 24.7 Å². The zero-order chi connectivity index (χ0) is 17.0. The Morgan fingerprint density at radius 1 is 1.17 bits per heavy atom. The van der Waals surface area contributed by atoms with E-state index in [2.05, 4.69) is 4.98 Å². The lowest BCUT2D eigenvalue weighted by Gasteiger charge is -2.15. The molecule has 0 saturated heterocycles. The van der Waals surface area contributed by atoms with Crippen LogP contribution in [0.5, 0.6) is 17.2 Å². The van der Waals surface area contributed by atoms with E-state index in [-0.39, 0.29) is 17.4 Å². The molecule has 0 aliphatic heterocycles. The average Bonchev–Trinajstić information content (AvgIpc) is 2.95. The van der Waals surface area contributed by atoms with E-state index in [0.717, 1.165) is 0 Å². The first-order valence-corrected chi connectivity index (χ1v) is 7.61. The molecule has 0 atom stereocenters. The van der Waals surface area contributed by atoms with Gasteiger partial charge in [-0.25, -0.2) is 9.78 Å². The molecule has 0 unspecified atom stereocenters. The third-order valence-electron chi connectivity index (χ3n) is 3.06. The van der Waals surface area contributed by atoms with Gasteiger partial charge in [0, 0.05) is 5.56 Å². The van der Waals surface area contributed by atoms with Crippen molar-refractivity contribution in [1.29, 1.82) is 0 Å². The SMILES string of the molecule is CCOC(=O)c1nc(N)sc1-c1ccc(OC)c(OC)c1OC. The van der Waals surface area contributed by atoms with Gasteiger partial charge in [0.25, 0.3) is 0 Å². The summed E-state index contributed by atoms with van der Waals surface area (Å²) in [4.78, 5) is 16.7. The third-order valence-corrected chi connectivity index (χ3v) is 3.98. The first-order valence-electron chi connectivity index (χ1n) is 6.80. The highest BCUT2D eigenvalue weighted by Crippen LogP contribution is 2.47. The van der Waals surface area contributed by atoms with Crippen molar-refractivity contribution in [3.63, 3.8) is 0 Å². The summed E-state index contributed by atoms with van der Waals surface area (Å²) >= 11 is 1.17. The third kappa shape index (κ3) is 3.16. The van der Waals surface area contributed by atoms with Gasteiger partial charge in [0.1, 0.15) is 0 Å². The maximum atomic E-state index is 12.1. The average molecular weight is 338 g/mol. The first kappa shape index (κ1) is 16.9. The molecular weight excluding hydrogens is 320 g/mol. The molecular formula is C15H18N2O5S. The molecule has 0 bridgehead atoms. The van der Waals surface area contributed by atoms with Crippen LogP contribution in [0.2, 0.25) is 0 Å². The van der Waals surface area contributed by atoms with Crippen LogP contribution in [0, 0.1) is 0 Å². The minimum absolute atomic E-state index is 0.153. The van der Waals surface area contributed by atoms with Gasteiger partial charge in [0.05, 0.1) is 32.8 Å². The summed E-state index contributed by atoms with van der Waals surface area (Å²) in [6, 6.07) is 3.48. The Balaban J connectivity index is 2.65. The molecule has 0 aliphatic rings. The summed E-state index contributed by atoms with van der Waals surface area (Å²) in [5.41, 5.74) is 6.55. The number of nitrogens with two attached hydrogens (primary N) is 1. The quantitative estimate of drug-likeness (QED) is 0.809. The number of nitrogen functional groups attached to an aromatic ring is 1. The van der Waals surface area contributed by atoms with Crippen LogP contribution in [0.3, 0.4) is 0 Å². The molecule has 0 saturated carbocycles. The summed E-state index contributed by atoms with van der Waals surface area (Å²) in [5.74, 6) is 0.839. The van der Waals surface area contributed by atoms with Crippen molar-refractivity contribution in [1.82, 2.24) is 4.98 Å². The van der Waals surface area contributed by atoms with Crippen LogP contribution >= 0.6 is 11.3 Å². The number of nitrogens with zero attached hydrogens (tertiary/aromatic N) is 1. The minimum Gasteiger partial charge on any atom is -0.493 e. The van der Waals surface area contributed by atoms with Gasteiger partial charge in [0.15, 0.2) is 22.3 Å². The monoisotopic (exact) mass is 338 g/mol. The number of benzene rings is 1. The molecule has 0 fully saturated rings. The standard InChI is InChI=1S/C15H18N2O5S/c1-5-22-14(18)10-13(23-15(16)17-10)8-6-7-9(19-2)12(21-4)11(8)20-3/h6-7H,5H2,1-4H3,(H2,16,17). The largest absolute Gasteiger partial charge is 0.493 e. The fraction of sp³-hybridized carbons (Fsp3) is 0.333. The normalized spacial score (nSPS) is 10.3. The van der Waals surface area contributed by atoms with E-state index in [0.29, 0.717) is 27.7 Å². The summed E-state index contributed by atoms with van der Waals surface area (Å²) < 4.78 is 21.1. The van der Waals surface area contributed by atoms with E-state index in [1.807, 2.05) is 0 Å². The van der Waals surface area contributed by atoms with Crippen LogP contribution in [0.1, 0.15) is 17.4 Å². The van der Waals surface area contributed by atoms with Crippen LogP contribution in [-0.2, 0) is 4.74 Å². The number of thiazole rings is 1. The summed E-state index contributed by atoms with van der Waals surface area (Å²) in [6.45, 7) is 1.98. The van der Waals surface area contributed by atoms with Crippen molar-refractivity contribution in [2.24, 2.45) is 0 Å². The van der Waals surface area contributed by atoms with E-state index < -0.39 is 5.97 Å². The van der Waals surface area contributed by atoms with Crippen molar-refractivity contribution >= 4 is 22.4 Å². The maximum Gasteiger partial charge on any atom is 0.358 e. The molecule has 2 N–H and O–H groups in total. The van der Waals surface area contributed by atoms with Crippen LogP contribution < -0.4 is 19.9 Å². The van der Waals surface area contributed by atoms with Crippen molar-refractivity contribution in [2.75, 3.05) is 33.7 Å². The van der Waals surface area contributed by atoms with E-state index in [1.54, 1.807) is 19.1 Å².